The van der Waals surface area contributed by atoms with E-state index in [0.717, 1.165) is 0 Å². The number of hydrogen-bond donors (Lipinski definition) is 1. The predicted octanol–water partition coefficient (Wildman–Crippen LogP) is -0.757. The third-order valence-electron chi connectivity index (χ3n) is 3.50. The summed E-state index contributed by atoms with van der Waals surface area (Å²) in [6, 6.07) is 0. The minimum Gasteiger partial charge on any atom is -0.462 e. The van der Waals surface area contributed by atoms with Gasteiger partial charge >= 0.3 is 11.9 Å². The van der Waals surface area contributed by atoms with E-state index in [9.17, 15) is 14.7 Å². The summed E-state index contributed by atoms with van der Waals surface area (Å²) < 4.78 is 31.4. The number of methoxy groups -OCH3 is 3. The van der Waals surface area contributed by atoms with Crippen LogP contribution in [0, 0.1) is 0 Å². The van der Waals surface area contributed by atoms with Crippen molar-refractivity contribution in [2.24, 2.45) is 0 Å². The lowest BCUT2D eigenvalue weighted by molar-refractivity contribution is -0.311. The first-order chi connectivity index (χ1) is 10.8. The molecule has 134 valence electrons. The van der Waals surface area contributed by atoms with Crippen LogP contribution in [0.2, 0.25) is 0 Å². The Balaban J connectivity index is 3.01. The van der Waals surface area contributed by atoms with Crippen molar-refractivity contribution < 1.29 is 43.1 Å². The SMILES string of the molecule is CO[C@H]1[C@H](OC)[C@@H]([C@@H](COC(C)=O)OC(C)=O)O[C@@H](O)[C@@H]1OC. The molecule has 0 unspecified atom stereocenters. The largest absolute Gasteiger partial charge is 0.462 e. The smallest absolute Gasteiger partial charge is 0.303 e. The minimum absolute atomic E-state index is 0.236. The zero-order valence-electron chi connectivity index (χ0n) is 13.9. The van der Waals surface area contributed by atoms with Crippen molar-refractivity contribution in [1.29, 1.82) is 0 Å². The Labute approximate surface area is 134 Å². The van der Waals surface area contributed by atoms with Gasteiger partial charge in [0.15, 0.2) is 12.4 Å². The second-order valence-corrected chi connectivity index (χ2v) is 5.04. The average Bonchev–Trinajstić information content (AvgIpc) is 2.49. The number of hydrogen-bond acceptors (Lipinski definition) is 9. The number of carbonyl (C=O) groups excluding carboxylic acids is 2. The van der Waals surface area contributed by atoms with Gasteiger partial charge in [0.25, 0.3) is 0 Å². The van der Waals surface area contributed by atoms with Crippen molar-refractivity contribution in [2.45, 2.75) is 50.7 Å². The molecule has 1 N–H and O–H groups in total. The molecule has 9 heteroatoms. The molecule has 0 bridgehead atoms. The lowest BCUT2D eigenvalue weighted by Crippen LogP contribution is -2.63. The van der Waals surface area contributed by atoms with Crippen molar-refractivity contribution in [3.63, 3.8) is 0 Å². The Kier molecular flexibility index (Phi) is 7.86. The van der Waals surface area contributed by atoms with Gasteiger partial charge in [-0.2, -0.15) is 0 Å². The summed E-state index contributed by atoms with van der Waals surface area (Å²) in [6.07, 6.45) is -5.37. The molecule has 0 radical (unpaired) electrons. The van der Waals surface area contributed by atoms with Crippen molar-refractivity contribution in [2.75, 3.05) is 27.9 Å². The molecule has 0 aromatic heterocycles. The van der Waals surface area contributed by atoms with Crippen LogP contribution in [-0.2, 0) is 38.0 Å². The van der Waals surface area contributed by atoms with E-state index < -0.39 is 48.7 Å². The summed E-state index contributed by atoms with van der Waals surface area (Å²) in [5.74, 6) is -1.12. The van der Waals surface area contributed by atoms with Crippen LogP contribution in [0.5, 0.6) is 0 Å². The molecule has 1 saturated heterocycles. The molecule has 1 aliphatic heterocycles. The maximum atomic E-state index is 11.3. The molecule has 1 rings (SSSR count). The summed E-state index contributed by atoms with van der Waals surface area (Å²) in [5, 5.41) is 10.1. The van der Waals surface area contributed by atoms with Crippen LogP contribution < -0.4 is 0 Å². The van der Waals surface area contributed by atoms with Crippen LogP contribution in [0.1, 0.15) is 13.8 Å². The quantitative estimate of drug-likeness (QED) is 0.600. The molecule has 0 aromatic rings. The maximum absolute atomic E-state index is 11.3. The van der Waals surface area contributed by atoms with E-state index in [0.29, 0.717) is 0 Å². The normalized spacial score (nSPS) is 32.2. The van der Waals surface area contributed by atoms with Gasteiger partial charge in [0.2, 0.25) is 0 Å². The van der Waals surface area contributed by atoms with Gasteiger partial charge in [0.1, 0.15) is 31.0 Å². The monoisotopic (exact) mass is 336 g/mol. The number of aliphatic hydroxyl groups excluding tert-OH is 1. The van der Waals surface area contributed by atoms with Crippen LogP contribution in [0.15, 0.2) is 0 Å². The van der Waals surface area contributed by atoms with Gasteiger partial charge in [0.05, 0.1) is 0 Å². The Hall–Kier alpha value is -1.26. The van der Waals surface area contributed by atoms with Gasteiger partial charge in [-0.15, -0.1) is 0 Å². The molecule has 1 heterocycles. The van der Waals surface area contributed by atoms with E-state index in [1.807, 2.05) is 0 Å². The van der Waals surface area contributed by atoms with Crippen LogP contribution in [-0.4, -0.2) is 81.8 Å². The zero-order chi connectivity index (χ0) is 17.6. The summed E-state index contributed by atoms with van der Waals surface area (Å²) in [5.41, 5.74) is 0. The number of ether oxygens (including phenoxy) is 6. The number of carbonyl (C=O) groups is 2. The van der Waals surface area contributed by atoms with Gasteiger partial charge in [0, 0.05) is 35.2 Å². The van der Waals surface area contributed by atoms with Crippen molar-refractivity contribution in [1.82, 2.24) is 0 Å². The highest BCUT2D eigenvalue weighted by Gasteiger charge is 2.50. The summed E-state index contributed by atoms with van der Waals surface area (Å²) in [4.78, 5) is 22.3. The highest BCUT2D eigenvalue weighted by molar-refractivity contribution is 5.67. The first kappa shape index (κ1) is 19.8. The lowest BCUT2D eigenvalue weighted by Gasteiger charge is -2.44. The second kappa shape index (κ2) is 9.14. The molecular formula is C14H24O9. The number of rotatable bonds is 7. The van der Waals surface area contributed by atoms with Gasteiger partial charge in [-0.25, -0.2) is 0 Å². The number of aliphatic hydroxyl groups is 1. The predicted molar refractivity (Wildman–Crippen MR) is 75.5 cm³/mol. The lowest BCUT2D eigenvalue weighted by atomic mass is 9.95. The highest BCUT2D eigenvalue weighted by Crippen LogP contribution is 2.29. The Morgan fingerprint density at radius 3 is 2.00 bits per heavy atom. The zero-order valence-corrected chi connectivity index (χ0v) is 13.9. The molecule has 0 spiro atoms. The molecule has 1 fully saturated rings. The van der Waals surface area contributed by atoms with Crippen LogP contribution in [0.4, 0.5) is 0 Å². The molecular weight excluding hydrogens is 312 g/mol. The Morgan fingerprint density at radius 1 is 1.00 bits per heavy atom. The Morgan fingerprint density at radius 2 is 1.57 bits per heavy atom. The fourth-order valence-electron chi connectivity index (χ4n) is 2.55. The molecule has 6 atom stereocenters. The van der Waals surface area contributed by atoms with E-state index in [4.69, 9.17) is 28.4 Å². The van der Waals surface area contributed by atoms with E-state index in [2.05, 4.69) is 0 Å². The van der Waals surface area contributed by atoms with Crippen molar-refractivity contribution in [3.8, 4) is 0 Å². The molecule has 0 aromatic carbocycles. The first-order valence-corrected chi connectivity index (χ1v) is 7.08. The fraction of sp³-hybridized carbons (Fsp3) is 0.857. The average molecular weight is 336 g/mol. The third kappa shape index (κ3) is 5.11. The van der Waals surface area contributed by atoms with Crippen LogP contribution in [0.25, 0.3) is 0 Å². The molecule has 0 aliphatic carbocycles. The molecule has 0 amide bonds. The molecule has 9 nitrogen and oxygen atoms in total. The minimum atomic E-state index is -1.32. The molecule has 1 aliphatic rings. The summed E-state index contributed by atoms with van der Waals surface area (Å²) >= 11 is 0. The topological polar surface area (TPSA) is 110 Å². The summed E-state index contributed by atoms with van der Waals surface area (Å²) in [7, 11) is 4.26. The van der Waals surface area contributed by atoms with Crippen LogP contribution >= 0.6 is 0 Å². The van der Waals surface area contributed by atoms with Gasteiger partial charge in [-0.1, -0.05) is 0 Å². The maximum Gasteiger partial charge on any atom is 0.303 e. The molecule has 23 heavy (non-hydrogen) atoms. The van der Waals surface area contributed by atoms with Crippen molar-refractivity contribution in [3.05, 3.63) is 0 Å². The first-order valence-electron chi connectivity index (χ1n) is 7.08. The van der Waals surface area contributed by atoms with Gasteiger partial charge < -0.3 is 33.5 Å². The fourth-order valence-corrected chi connectivity index (χ4v) is 2.55. The van der Waals surface area contributed by atoms with Gasteiger partial charge in [-0.3, -0.25) is 9.59 Å². The molecule has 0 saturated carbocycles. The van der Waals surface area contributed by atoms with Crippen LogP contribution in [0.3, 0.4) is 0 Å². The van der Waals surface area contributed by atoms with E-state index >= 15 is 0 Å². The van der Waals surface area contributed by atoms with E-state index in [1.165, 1.54) is 35.2 Å². The highest BCUT2D eigenvalue weighted by atomic mass is 16.7. The van der Waals surface area contributed by atoms with Crippen molar-refractivity contribution >= 4 is 11.9 Å². The standard InChI is InChI=1S/C14H24O9/c1-7(15)21-6-9(22-8(2)16)10-11(18-3)12(19-4)13(20-5)14(17)23-10/h9-14,17H,6H2,1-5H3/t9-,10-,11-,12+,13-,14-/m1/s1. The Bertz CT molecular complexity index is 400. The third-order valence-corrected chi connectivity index (χ3v) is 3.50. The summed E-state index contributed by atoms with van der Waals surface area (Å²) in [6.45, 7) is 2.21. The van der Waals surface area contributed by atoms with E-state index in [1.54, 1.807) is 0 Å². The van der Waals surface area contributed by atoms with E-state index in [-0.39, 0.29) is 6.61 Å². The number of esters is 2. The van der Waals surface area contributed by atoms with Gasteiger partial charge in [-0.05, 0) is 0 Å². The second-order valence-electron chi connectivity index (χ2n) is 5.04.